The van der Waals surface area contributed by atoms with E-state index in [0.717, 1.165) is 24.4 Å². The van der Waals surface area contributed by atoms with Gasteiger partial charge in [-0.1, -0.05) is 12.1 Å². The molecule has 1 aromatic heterocycles. The number of benzene rings is 1. The van der Waals surface area contributed by atoms with Crippen LogP contribution in [-0.2, 0) is 6.54 Å². The molecular weight excluding hydrogens is 242 g/mol. The van der Waals surface area contributed by atoms with Crippen LogP contribution in [0.3, 0.4) is 0 Å². The molecule has 18 heavy (non-hydrogen) atoms. The van der Waals surface area contributed by atoms with Crippen molar-refractivity contribution >= 4 is 22.8 Å². The number of aromatic nitrogens is 2. The van der Waals surface area contributed by atoms with Gasteiger partial charge in [-0.2, -0.15) is 11.8 Å². The molecule has 0 spiro atoms. The van der Waals surface area contributed by atoms with Gasteiger partial charge < -0.3 is 9.88 Å². The van der Waals surface area contributed by atoms with Crippen molar-refractivity contribution in [2.75, 3.05) is 18.1 Å². The fraction of sp³-hybridized carbons (Fsp3) is 0.500. The van der Waals surface area contributed by atoms with Gasteiger partial charge in [-0.3, -0.25) is 0 Å². The molecule has 3 rings (SSSR count). The molecular formula is C14H19N3S. The average molecular weight is 261 g/mol. The minimum absolute atomic E-state index is 0.713. The second-order valence-corrected chi connectivity index (χ2v) is 5.96. The summed E-state index contributed by atoms with van der Waals surface area (Å²) in [6.07, 6.45) is 1.31. The number of rotatable bonds is 4. The number of fused-ring (bicyclic) bond motifs is 1. The Labute approximate surface area is 112 Å². The predicted molar refractivity (Wildman–Crippen MR) is 78.2 cm³/mol. The van der Waals surface area contributed by atoms with E-state index in [1.807, 2.05) is 6.07 Å². The minimum atomic E-state index is 0.713. The van der Waals surface area contributed by atoms with Crippen molar-refractivity contribution < 1.29 is 0 Å². The first-order valence-corrected chi connectivity index (χ1v) is 7.73. The molecule has 96 valence electrons. The van der Waals surface area contributed by atoms with E-state index in [9.17, 15) is 0 Å². The van der Waals surface area contributed by atoms with E-state index in [0.29, 0.717) is 6.04 Å². The van der Waals surface area contributed by atoms with E-state index in [2.05, 4.69) is 51.8 Å². The van der Waals surface area contributed by atoms with Crippen LogP contribution in [0.5, 0.6) is 0 Å². The first kappa shape index (κ1) is 12.1. The van der Waals surface area contributed by atoms with Crippen LogP contribution in [0.15, 0.2) is 24.3 Å². The van der Waals surface area contributed by atoms with Crippen molar-refractivity contribution in [1.82, 2.24) is 14.9 Å². The second kappa shape index (κ2) is 5.33. The van der Waals surface area contributed by atoms with Crippen molar-refractivity contribution in [2.24, 2.45) is 0 Å². The van der Waals surface area contributed by atoms with Gasteiger partial charge in [0.1, 0.15) is 5.82 Å². The topological polar surface area (TPSA) is 29.9 Å². The number of aryl methyl sites for hydroxylation is 1. The fourth-order valence-corrected chi connectivity index (χ4v) is 3.74. The molecule has 1 aliphatic heterocycles. The van der Waals surface area contributed by atoms with Crippen LogP contribution in [0.4, 0.5) is 0 Å². The number of nitrogens with one attached hydrogen (secondary N) is 1. The number of imidazole rings is 1. The maximum Gasteiger partial charge on any atom is 0.106 e. The first-order chi connectivity index (χ1) is 8.84. The van der Waals surface area contributed by atoms with Crippen LogP contribution < -0.4 is 5.32 Å². The van der Waals surface area contributed by atoms with Crippen molar-refractivity contribution in [3.8, 4) is 0 Å². The van der Waals surface area contributed by atoms with Crippen LogP contribution in [0.1, 0.15) is 12.2 Å². The lowest BCUT2D eigenvalue weighted by Gasteiger charge is -2.12. The number of hydrogen-bond acceptors (Lipinski definition) is 3. The van der Waals surface area contributed by atoms with Crippen LogP contribution >= 0.6 is 11.8 Å². The van der Waals surface area contributed by atoms with Gasteiger partial charge >= 0.3 is 0 Å². The van der Waals surface area contributed by atoms with E-state index in [4.69, 9.17) is 0 Å². The second-order valence-electron chi connectivity index (χ2n) is 4.81. The smallest absolute Gasteiger partial charge is 0.106 e. The lowest BCUT2D eigenvalue weighted by atomic mass is 10.2. The Hall–Kier alpha value is -1.00. The van der Waals surface area contributed by atoms with E-state index >= 15 is 0 Å². The number of nitrogens with zero attached hydrogens (tertiary/aromatic N) is 2. The van der Waals surface area contributed by atoms with Gasteiger partial charge in [0.05, 0.1) is 11.0 Å². The molecule has 4 heteroatoms. The van der Waals surface area contributed by atoms with Crippen molar-refractivity contribution in [2.45, 2.75) is 25.9 Å². The lowest BCUT2D eigenvalue weighted by molar-refractivity contribution is 0.522. The Morgan fingerprint density at radius 2 is 2.33 bits per heavy atom. The van der Waals surface area contributed by atoms with Crippen LogP contribution in [0, 0.1) is 6.92 Å². The first-order valence-electron chi connectivity index (χ1n) is 6.57. The summed E-state index contributed by atoms with van der Waals surface area (Å²) < 4.78 is 2.31. The summed E-state index contributed by atoms with van der Waals surface area (Å²) in [7, 11) is 0. The zero-order chi connectivity index (χ0) is 12.4. The molecule has 2 aromatic rings. The zero-order valence-corrected chi connectivity index (χ0v) is 11.5. The molecule has 0 unspecified atom stereocenters. The summed E-state index contributed by atoms with van der Waals surface area (Å²) in [6, 6.07) is 9.08. The molecule has 0 radical (unpaired) electrons. The Balaban J connectivity index is 1.68. The quantitative estimate of drug-likeness (QED) is 0.917. The van der Waals surface area contributed by atoms with Crippen molar-refractivity contribution in [3.63, 3.8) is 0 Å². The van der Waals surface area contributed by atoms with Crippen LogP contribution in [0.25, 0.3) is 11.0 Å². The highest BCUT2D eigenvalue weighted by Gasteiger charge is 2.14. The Morgan fingerprint density at radius 3 is 3.17 bits per heavy atom. The van der Waals surface area contributed by atoms with Gasteiger partial charge in [-0.05, 0) is 31.2 Å². The summed E-state index contributed by atoms with van der Waals surface area (Å²) >= 11 is 2.05. The molecule has 1 aliphatic rings. The third-order valence-electron chi connectivity index (χ3n) is 3.54. The molecule has 1 fully saturated rings. The molecule has 1 saturated heterocycles. The maximum absolute atomic E-state index is 4.59. The molecule has 0 bridgehead atoms. The number of thioether (sulfide) groups is 1. The van der Waals surface area contributed by atoms with Crippen molar-refractivity contribution in [3.05, 3.63) is 30.1 Å². The van der Waals surface area contributed by atoms with E-state index in [1.54, 1.807) is 0 Å². The highest BCUT2D eigenvalue weighted by atomic mass is 32.2. The third-order valence-corrected chi connectivity index (χ3v) is 4.71. The molecule has 1 atom stereocenters. The highest BCUT2D eigenvalue weighted by molar-refractivity contribution is 7.99. The maximum atomic E-state index is 4.59. The Bertz CT molecular complexity index is 529. The molecule has 0 aliphatic carbocycles. The summed E-state index contributed by atoms with van der Waals surface area (Å²) in [4.78, 5) is 4.59. The summed E-state index contributed by atoms with van der Waals surface area (Å²) in [5.41, 5.74) is 2.35. The summed E-state index contributed by atoms with van der Waals surface area (Å²) in [6.45, 7) is 4.13. The van der Waals surface area contributed by atoms with E-state index in [1.165, 1.54) is 23.4 Å². The van der Waals surface area contributed by atoms with Gasteiger partial charge in [-0.15, -0.1) is 0 Å². The third kappa shape index (κ3) is 2.40. The minimum Gasteiger partial charge on any atom is -0.327 e. The van der Waals surface area contributed by atoms with Gasteiger partial charge in [-0.25, -0.2) is 4.98 Å². The van der Waals surface area contributed by atoms with Gasteiger partial charge in [0.15, 0.2) is 0 Å². The van der Waals surface area contributed by atoms with Gasteiger partial charge in [0, 0.05) is 24.9 Å². The largest absolute Gasteiger partial charge is 0.327 e. The summed E-state index contributed by atoms with van der Waals surface area (Å²) in [5.74, 6) is 3.69. The van der Waals surface area contributed by atoms with Crippen LogP contribution in [-0.4, -0.2) is 33.6 Å². The molecule has 3 nitrogen and oxygen atoms in total. The average Bonchev–Trinajstić information content (AvgIpc) is 2.98. The number of hydrogen-bond donors (Lipinski definition) is 1. The standard InChI is InChI=1S/C14H19N3S/c1-11-16-13-4-2-3-5-14(13)17(11)8-7-15-12-6-9-18-10-12/h2-5,12,15H,6-10H2,1H3/t12-/m1/s1. The molecule has 0 amide bonds. The molecule has 2 heterocycles. The summed E-state index contributed by atoms with van der Waals surface area (Å²) in [5, 5.41) is 3.64. The Kier molecular flexibility index (Phi) is 3.57. The fourth-order valence-electron chi connectivity index (χ4n) is 2.55. The van der Waals surface area contributed by atoms with Crippen molar-refractivity contribution in [1.29, 1.82) is 0 Å². The van der Waals surface area contributed by atoms with E-state index in [-0.39, 0.29) is 0 Å². The van der Waals surface area contributed by atoms with E-state index < -0.39 is 0 Å². The molecule has 1 aromatic carbocycles. The molecule has 1 N–H and O–H groups in total. The zero-order valence-electron chi connectivity index (χ0n) is 10.7. The SMILES string of the molecule is Cc1nc2ccccc2n1CCN[C@@H]1CCSC1. The van der Waals surface area contributed by atoms with Crippen LogP contribution in [0.2, 0.25) is 0 Å². The normalized spacial score (nSPS) is 19.7. The Morgan fingerprint density at radius 1 is 1.44 bits per heavy atom. The van der Waals surface area contributed by atoms with Gasteiger partial charge in [0.25, 0.3) is 0 Å². The molecule has 0 saturated carbocycles. The lowest BCUT2D eigenvalue weighted by Crippen LogP contribution is -2.31. The monoisotopic (exact) mass is 261 g/mol. The predicted octanol–water partition coefficient (Wildman–Crippen LogP) is 2.44. The van der Waals surface area contributed by atoms with Gasteiger partial charge in [0.2, 0.25) is 0 Å². The highest BCUT2D eigenvalue weighted by Crippen LogP contribution is 2.17. The number of para-hydroxylation sites is 2.